The fourth-order valence-corrected chi connectivity index (χ4v) is 2.89. The van der Waals surface area contributed by atoms with Crippen LogP contribution >= 0.6 is 0 Å². The predicted octanol–water partition coefficient (Wildman–Crippen LogP) is 3.85. The first-order chi connectivity index (χ1) is 17.0. The van der Waals surface area contributed by atoms with Crippen LogP contribution in [0.4, 0.5) is 0 Å². The molecule has 0 fully saturated rings. The van der Waals surface area contributed by atoms with Crippen molar-refractivity contribution in [3.8, 4) is 28.7 Å². The number of hydrazone groups is 1. The lowest BCUT2D eigenvalue weighted by molar-refractivity contribution is -0.123. The van der Waals surface area contributed by atoms with Gasteiger partial charge in [-0.05, 0) is 79.2 Å². The minimum absolute atomic E-state index is 0.201. The lowest BCUT2D eigenvalue weighted by atomic mass is 10.2. The third kappa shape index (κ3) is 7.50. The first-order valence-corrected chi connectivity index (χ1v) is 10.7. The SMILES string of the molecule is CCOc1ccc(C(=O)Oc2ccc(/C=N/NC(=O)COc3ccc(OC)cc3)cc2OC)cc1. The van der Waals surface area contributed by atoms with Crippen molar-refractivity contribution in [3.05, 3.63) is 77.9 Å². The van der Waals surface area contributed by atoms with Crippen molar-refractivity contribution in [2.45, 2.75) is 6.92 Å². The Balaban J connectivity index is 1.53. The molecule has 0 saturated heterocycles. The minimum atomic E-state index is -0.531. The van der Waals surface area contributed by atoms with Crippen LogP contribution in [-0.2, 0) is 4.79 Å². The second-order valence-electron chi connectivity index (χ2n) is 7.01. The monoisotopic (exact) mass is 478 g/mol. The molecule has 0 aliphatic rings. The minimum Gasteiger partial charge on any atom is -0.497 e. The number of carbonyl (C=O) groups is 2. The summed E-state index contributed by atoms with van der Waals surface area (Å²) >= 11 is 0. The smallest absolute Gasteiger partial charge is 0.343 e. The number of nitrogens with one attached hydrogen (secondary N) is 1. The number of rotatable bonds is 11. The van der Waals surface area contributed by atoms with E-state index in [1.807, 2.05) is 6.92 Å². The molecule has 3 aromatic rings. The highest BCUT2D eigenvalue weighted by atomic mass is 16.6. The van der Waals surface area contributed by atoms with E-state index in [1.165, 1.54) is 13.3 Å². The number of hydrogen-bond donors (Lipinski definition) is 1. The van der Waals surface area contributed by atoms with Crippen LogP contribution in [0.1, 0.15) is 22.8 Å². The van der Waals surface area contributed by atoms with Crippen molar-refractivity contribution in [2.75, 3.05) is 27.4 Å². The summed E-state index contributed by atoms with van der Waals surface area (Å²) in [6.07, 6.45) is 1.44. The lowest BCUT2D eigenvalue weighted by Gasteiger charge is -2.10. The Hall–Kier alpha value is -4.53. The predicted molar refractivity (Wildman–Crippen MR) is 130 cm³/mol. The van der Waals surface area contributed by atoms with E-state index in [0.29, 0.717) is 40.7 Å². The molecule has 0 radical (unpaired) electrons. The molecular weight excluding hydrogens is 452 g/mol. The molecule has 0 atom stereocenters. The van der Waals surface area contributed by atoms with Gasteiger partial charge in [0.25, 0.3) is 5.91 Å². The summed E-state index contributed by atoms with van der Waals surface area (Å²) in [6.45, 7) is 2.22. The Morgan fingerprint density at radius 1 is 0.829 bits per heavy atom. The summed E-state index contributed by atoms with van der Waals surface area (Å²) in [5.41, 5.74) is 3.39. The van der Waals surface area contributed by atoms with Gasteiger partial charge in [0.1, 0.15) is 17.2 Å². The number of ether oxygens (including phenoxy) is 5. The van der Waals surface area contributed by atoms with Crippen molar-refractivity contribution in [3.63, 3.8) is 0 Å². The molecule has 182 valence electrons. The molecule has 0 bridgehead atoms. The molecular formula is C26H26N2O7. The van der Waals surface area contributed by atoms with Gasteiger partial charge in [-0.2, -0.15) is 5.10 Å². The van der Waals surface area contributed by atoms with Gasteiger partial charge in [0.2, 0.25) is 0 Å². The topological polar surface area (TPSA) is 105 Å². The maximum absolute atomic E-state index is 12.5. The molecule has 0 saturated carbocycles. The van der Waals surface area contributed by atoms with E-state index in [4.69, 9.17) is 23.7 Å². The molecule has 0 heterocycles. The van der Waals surface area contributed by atoms with Crippen LogP contribution in [0.2, 0.25) is 0 Å². The second kappa shape index (κ2) is 12.6. The Kier molecular flexibility index (Phi) is 9.07. The fraction of sp³-hybridized carbons (Fsp3) is 0.192. The van der Waals surface area contributed by atoms with Crippen LogP contribution < -0.4 is 29.1 Å². The van der Waals surface area contributed by atoms with Crippen LogP contribution in [0.5, 0.6) is 28.7 Å². The van der Waals surface area contributed by atoms with E-state index in [9.17, 15) is 9.59 Å². The first-order valence-electron chi connectivity index (χ1n) is 10.7. The van der Waals surface area contributed by atoms with Crippen molar-refractivity contribution < 1.29 is 33.3 Å². The molecule has 35 heavy (non-hydrogen) atoms. The van der Waals surface area contributed by atoms with Crippen LogP contribution in [0, 0.1) is 0 Å². The van der Waals surface area contributed by atoms with Crippen molar-refractivity contribution in [1.29, 1.82) is 0 Å². The van der Waals surface area contributed by atoms with Crippen LogP contribution in [0.25, 0.3) is 0 Å². The van der Waals surface area contributed by atoms with Gasteiger partial charge in [-0.1, -0.05) is 0 Å². The van der Waals surface area contributed by atoms with Gasteiger partial charge in [0.05, 0.1) is 32.6 Å². The zero-order valence-electron chi connectivity index (χ0n) is 19.6. The van der Waals surface area contributed by atoms with Crippen molar-refractivity contribution in [2.24, 2.45) is 5.10 Å². The zero-order chi connectivity index (χ0) is 25.0. The summed E-state index contributed by atoms with van der Waals surface area (Å²) in [7, 11) is 3.03. The van der Waals surface area contributed by atoms with Crippen LogP contribution in [0.15, 0.2) is 71.8 Å². The van der Waals surface area contributed by atoms with Crippen LogP contribution in [-0.4, -0.2) is 45.5 Å². The maximum Gasteiger partial charge on any atom is 0.343 e. The Bertz CT molecular complexity index is 1160. The summed E-state index contributed by atoms with van der Waals surface area (Å²) in [5.74, 6) is 1.53. The maximum atomic E-state index is 12.5. The summed E-state index contributed by atoms with van der Waals surface area (Å²) in [4.78, 5) is 24.4. The van der Waals surface area contributed by atoms with E-state index in [-0.39, 0.29) is 12.4 Å². The van der Waals surface area contributed by atoms with E-state index in [0.717, 1.165) is 0 Å². The zero-order valence-corrected chi connectivity index (χ0v) is 19.6. The molecule has 0 aliphatic carbocycles. The van der Waals surface area contributed by atoms with Crippen LogP contribution in [0.3, 0.4) is 0 Å². The highest BCUT2D eigenvalue weighted by Crippen LogP contribution is 2.28. The van der Waals surface area contributed by atoms with E-state index in [1.54, 1.807) is 73.8 Å². The molecule has 3 rings (SSSR count). The van der Waals surface area contributed by atoms with Gasteiger partial charge in [0, 0.05) is 0 Å². The van der Waals surface area contributed by atoms with E-state index < -0.39 is 11.9 Å². The van der Waals surface area contributed by atoms with Gasteiger partial charge in [-0.25, -0.2) is 10.2 Å². The molecule has 0 aliphatic heterocycles. The molecule has 0 aromatic heterocycles. The lowest BCUT2D eigenvalue weighted by Crippen LogP contribution is -2.24. The number of esters is 1. The number of methoxy groups -OCH3 is 2. The van der Waals surface area contributed by atoms with Gasteiger partial charge in [-0.3, -0.25) is 4.79 Å². The molecule has 1 N–H and O–H groups in total. The normalized spacial score (nSPS) is 10.5. The number of benzene rings is 3. The van der Waals surface area contributed by atoms with Crippen molar-refractivity contribution >= 4 is 18.1 Å². The Morgan fingerprint density at radius 3 is 2.14 bits per heavy atom. The second-order valence-corrected chi connectivity index (χ2v) is 7.01. The molecule has 9 heteroatoms. The number of amides is 1. The quantitative estimate of drug-likeness (QED) is 0.193. The molecule has 9 nitrogen and oxygen atoms in total. The van der Waals surface area contributed by atoms with Gasteiger partial charge >= 0.3 is 5.97 Å². The third-order valence-corrected chi connectivity index (χ3v) is 4.62. The highest BCUT2D eigenvalue weighted by Gasteiger charge is 2.13. The highest BCUT2D eigenvalue weighted by molar-refractivity contribution is 5.92. The number of nitrogens with zero attached hydrogens (tertiary/aromatic N) is 1. The average Bonchev–Trinajstić information content (AvgIpc) is 2.89. The Morgan fingerprint density at radius 2 is 1.49 bits per heavy atom. The van der Waals surface area contributed by atoms with Crippen molar-refractivity contribution in [1.82, 2.24) is 5.43 Å². The summed E-state index contributed by atoms with van der Waals surface area (Å²) in [5, 5.41) is 3.92. The number of hydrogen-bond acceptors (Lipinski definition) is 8. The number of carbonyl (C=O) groups excluding carboxylic acids is 2. The Labute approximate surface area is 203 Å². The van der Waals surface area contributed by atoms with Gasteiger partial charge < -0.3 is 23.7 Å². The molecule has 0 unspecified atom stereocenters. The van der Waals surface area contributed by atoms with Gasteiger partial charge in [-0.15, -0.1) is 0 Å². The standard InChI is InChI=1S/C26H26N2O7/c1-4-33-21-8-6-19(7-9-21)26(30)35-23-14-5-18(15-24(23)32-3)16-27-28-25(29)17-34-22-12-10-20(31-2)11-13-22/h5-16H,4,17H2,1-3H3,(H,28,29)/b27-16+. The third-order valence-electron chi connectivity index (χ3n) is 4.62. The summed E-state index contributed by atoms with van der Waals surface area (Å²) < 4.78 is 26.6. The van der Waals surface area contributed by atoms with E-state index >= 15 is 0 Å². The van der Waals surface area contributed by atoms with E-state index in [2.05, 4.69) is 10.5 Å². The molecule has 0 spiro atoms. The van der Waals surface area contributed by atoms with Gasteiger partial charge in [0.15, 0.2) is 18.1 Å². The first kappa shape index (κ1) is 25.1. The average molecular weight is 479 g/mol. The molecule has 3 aromatic carbocycles. The fourth-order valence-electron chi connectivity index (χ4n) is 2.89. The summed E-state index contributed by atoms with van der Waals surface area (Å²) in [6, 6.07) is 18.4. The molecule has 1 amide bonds. The largest absolute Gasteiger partial charge is 0.497 e.